The highest BCUT2D eigenvalue weighted by Crippen LogP contribution is 2.31. The Balaban J connectivity index is 1.63. The Hall–Kier alpha value is -1.99. The molecule has 0 radical (unpaired) electrons. The van der Waals surface area contributed by atoms with Gasteiger partial charge in [-0.3, -0.25) is 14.6 Å². The van der Waals surface area contributed by atoms with E-state index >= 15 is 0 Å². The predicted octanol–water partition coefficient (Wildman–Crippen LogP) is 1.56. The van der Waals surface area contributed by atoms with Crippen LogP contribution in [-0.2, 0) is 9.53 Å². The van der Waals surface area contributed by atoms with Gasteiger partial charge in [-0.05, 0) is 45.9 Å². The first-order valence-corrected chi connectivity index (χ1v) is 9.80. The molecule has 0 saturated carbocycles. The van der Waals surface area contributed by atoms with Crippen molar-refractivity contribution in [3.63, 3.8) is 0 Å². The van der Waals surface area contributed by atoms with Gasteiger partial charge in [0, 0.05) is 38.9 Å². The summed E-state index contributed by atoms with van der Waals surface area (Å²) in [6.45, 7) is 7.97. The Morgan fingerprint density at radius 1 is 1.19 bits per heavy atom. The molecule has 2 aliphatic heterocycles. The van der Waals surface area contributed by atoms with Crippen LogP contribution in [0.2, 0.25) is 0 Å². The molecule has 2 fully saturated rings. The average Bonchev–Trinajstić information content (AvgIpc) is 3.16. The number of hydrogen-bond donors (Lipinski definition) is 0. The summed E-state index contributed by atoms with van der Waals surface area (Å²) in [5.74, 6) is 0.0393. The molecular formula is C20H30N4O3. The number of carbonyl (C=O) groups excluding carboxylic acids is 2. The SMILES string of the molecule is CC(C)OCC(=O)N1CCC[C@@H]1c1ccc(C(=O)N2CCN(C)CC2)cn1. The van der Waals surface area contributed by atoms with Crippen molar-refractivity contribution in [1.82, 2.24) is 19.7 Å². The predicted molar refractivity (Wildman–Crippen MR) is 102 cm³/mol. The zero-order valence-electron chi connectivity index (χ0n) is 16.6. The molecule has 2 saturated heterocycles. The molecule has 3 rings (SSSR count). The third-order valence-corrected chi connectivity index (χ3v) is 5.28. The number of pyridine rings is 1. The molecule has 1 aromatic rings. The van der Waals surface area contributed by atoms with Gasteiger partial charge >= 0.3 is 0 Å². The minimum absolute atomic E-state index is 0.00518. The lowest BCUT2D eigenvalue weighted by Crippen LogP contribution is -2.47. The molecule has 0 aliphatic carbocycles. The molecular weight excluding hydrogens is 344 g/mol. The fraction of sp³-hybridized carbons (Fsp3) is 0.650. The van der Waals surface area contributed by atoms with Crippen molar-refractivity contribution in [3.05, 3.63) is 29.6 Å². The summed E-state index contributed by atoms with van der Waals surface area (Å²) in [5, 5.41) is 0. The molecule has 0 bridgehead atoms. The number of piperazine rings is 1. The number of likely N-dealkylation sites (N-methyl/N-ethyl adjacent to an activating group) is 1. The van der Waals surface area contributed by atoms with Crippen molar-refractivity contribution in [2.24, 2.45) is 0 Å². The van der Waals surface area contributed by atoms with Crippen LogP contribution in [0.5, 0.6) is 0 Å². The number of rotatable bonds is 5. The van der Waals surface area contributed by atoms with E-state index in [0.29, 0.717) is 5.56 Å². The van der Waals surface area contributed by atoms with Gasteiger partial charge in [0.1, 0.15) is 6.61 Å². The van der Waals surface area contributed by atoms with Gasteiger partial charge in [-0.1, -0.05) is 0 Å². The van der Waals surface area contributed by atoms with Crippen LogP contribution in [0.25, 0.3) is 0 Å². The van der Waals surface area contributed by atoms with Gasteiger partial charge in [-0.15, -0.1) is 0 Å². The lowest BCUT2D eigenvalue weighted by atomic mass is 10.1. The van der Waals surface area contributed by atoms with Gasteiger partial charge in [-0.2, -0.15) is 0 Å². The van der Waals surface area contributed by atoms with E-state index in [9.17, 15) is 9.59 Å². The van der Waals surface area contributed by atoms with E-state index in [2.05, 4.69) is 16.9 Å². The van der Waals surface area contributed by atoms with Crippen molar-refractivity contribution in [2.75, 3.05) is 46.4 Å². The second-order valence-electron chi connectivity index (χ2n) is 7.67. The molecule has 1 aromatic heterocycles. The summed E-state index contributed by atoms with van der Waals surface area (Å²) in [6, 6.07) is 3.71. The Morgan fingerprint density at radius 2 is 1.93 bits per heavy atom. The highest BCUT2D eigenvalue weighted by atomic mass is 16.5. The second kappa shape index (κ2) is 8.80. The second-order valence-corrected chi connectivity index (χ2v) is 7.67. The minimum atomic E-state index is -0.0268. The van der Waals surface area contributed by atoms with Gasteiger partial charge < -0.3 is 19.4 Å². The summed E-state index contributed by atoms with van der Waals surface area (Å²) in [7, 11) is 2.07. The van der Waals surface area contributed by atoms with Crippen LogP contribution >= 0.6 is 0 Å². The Morgan fingerprint density at radius 3 is 2.56 bits per heavy atom. The van der Waals surface area contributed by atoms with Crippen molar-refractivity contribution in [3.8, 4) is 0 Å². The van der Waals surface area contributed by atoms with E-state index in [-0.39, 0.29) is 30.6 Å². The van der Waals surface area contributed by atoms with Crippen LogP contribution in [0.3, 0.4) is 0 Å². The molecule has 7 nitrogen and oxygen atoms in total. The number of carbonyl (C=O) groups is 2. The fourth-order valence-corrected chi connectivity index (χ4v) is 3.61. The zero-order chi connectivity index (χ0) is 19.4. The minimum Gasteiger partial charge on any atom is -0.369 e. The normalized spacial score (nSPS) is 21.1. The first kappa shape index (κ1) is 19.8. The maximum atomic E-state index is 12.6. The fourth-order valence-electron chi connectivity index (χ4n) is 3.61. The molecule has 0 aromatic carbocycles. The standard InChI is InChI=1S/C20H30N4O3/c1-15(2)27-14-19(25)24-8-4-5-18(24)17-7-6-16(13-21-17)20(26)23-11-9-22(3)10-12-23/h6-7,13,15,18H,4-5,8-12,14H2,1-3H3/t18-/m1/s1. The van der Waals surface area contributed by atoms with Crippen LogP contribution in [0.15, 0.2) is 18.3 Å². The van der Waals surface area contributed by atoms with E-state index < -0.39 is 0 Å². The van der Waals surface area contributed by atoms with Crippen LogP contribution in [0.1, 0.15) is 48.8 Å². The van der Waals surface area contributed by atoms with E-state index in [1.807, 2.05) is 35.8 Å². The first-order chi connectivity index (χ1) is 13.0. The molecule has 2 amide bonds. The molecule has 7 heteroatoms. The summed E-state index contributed by atoms with van der Waals surface area (Å²) in [6.07, 6.45) is 3.54. The zero-order valence-corrected chi connectivity index (χ0v) is 16.6. The van der Waals surface area contributed by atoms with Crippen molar-refractivity contribution in [1.29, 1.82) is 0 Å². The molecule has 0 spiro atoms. The van der Waals surface area contributed by atoms with Gasteiger partial charge in [0.05, 0.1) is 23.4 Å². The number of nitrogens with zero attached hydrogens (tertiary/aromatic N) is 4. The van der Waals surface area contributed by atoms with Crippen LogP contribution in [0, 0.1) is 0 Å². The summed E-state index contributed by atoms with van der Waals surface area (Å²) in [5.41, 5.74) is 1.46. The lowest BCUT2D eigenvalue weighted by Gasteiger charge is -2.32. The first-order valence-electron chi connectivity index (χ1n) is 9.80. The Bertz CT molecular complexity index is 654. The lowest BCUT2D eigenvalue weighted by molar-refractivity contribution is -0.138. The highest BCUT2D eigenvalue weighted by molar-refractivity contribution is 5.94. The van der Waals surface area contributed by atoms with Crippen molar-refractivity contribution in [2.45, 2.75) is 38.8 Å². The monoisotopic (exact) mass is 374 g/mol. The van der Waals surface area contributed by atoms with E-state index in [1.165, 1.54) is 0 Å². The van der Waals surface area contributed by atoms with Crippen molar-refractivity contribution >= 4 is 11.8 Å². The van der Waals surface area contributed by atoms with Crippen LogP contribution in [-0.4, -0.2) is 84.0 Å². The third-order valence-electron chi connectivity index (χ3n) is 5.28. The molecule has 3 heterocycles. The van der Waals surface area contributed by atoms with Crippen LogP contribution < -0.4 is 0 Å². The number of hydrogen-bond acceptors (Lipinski definition) is 5. The molecule has 27 heavy (non-hydrogen) atoms. The topological polar surface area (TPSA) is 66.0 Å². The molecule has 1 atom stereocenters. The number of amides is 2. The van der Waals surface area contributed by atoms with Crippen molar-refractivity contribution < 1.29 is 14.3 Å². The smallest absolute Gasteiger partial charge is 0.255 e. The molecule has 148 valence electrons. The van der Waals surface area contributed by atoms with Gasteiger partial charge in [0.15, 0.2) is 0 Å². The van der Waals surface area contributed by atoms with E-state index in [0.717, 1.165) is 51.3 Å². The quantitative estimate of drug-likeness (QED) is 0.783. The van der Waals surface area contributed by atoms with E-state index in [4.69, 9.17) is 4.74 Å². The number of aromatic nitrogens is 1. The number of likely N-dealkylation sites (tertiary alicyclic amines) is 1. The van der Waals surface area contributed by atoms with Gasteiger partial charge in [-0.25, -0.2) is 0 Å². The largest absolute Gasteiger partial charge is 0.369 e. The summed E-state index contributed by atoms with van der Waals surface area (Å²) in [4.78, 5) is 35.6. The third kappa shape index (κ3) is 4.84. The van der Waals surface area contributed by atoms with E-state index in [1.54, 1.807) is 6.20 Å². The maximum absolute atomic E-state index is 12.6. The van der Waals surface area contributed by atoms with Gasteiger partial charge in [0.25, 0.3) is 5.91 Å². The average molecular weight is 374 g/mol. The molecule has 2 aliphatic rings. The highest BCUT2D eigenvalue weighted by Gasteiger charge is 2.31. The Labute approximate surface area is 161 Å². The summed E-state index contributed by atoms with van der Waals surface area (Å²) < 4.78 is 5.46. The van der Waals surface area contributed by atoms with Gasteiger partial charge in [0.2, 0.25) is 5.91 Å². The van der Waals surface area contributed by atoms with Crippen LogP contribution in [0.4, 0.5) is 0 Å². The Kier molecular flexibility index (Phi) is 6.44. The summed E-state index contributed by atoms with van der Waals surface area (Å²) >= 11 is 0. The molecule has 0 unspecified atom stereocenters. The number of ether oxygens (including phenoxy) is 1. The maximum Gasteiger partial charge on any atom is 0.255 e. The molecule has 0 N–H and O–H groups in total.